The molecule has 6 nitrogen and oxygen atoms in total. The molecule has 0 aliphatic carbocycles. The number of para-hydroxylation sites is 1. The zero-order valence-electron chi connectivity index (χ0n) is 13.7. The van der Waals surface area contributed by atoms with Gasteiger partial charge in [-0.05, 0) is 24.5 Å². The molecule has 126 valence electrons. The molecule has 0 unspecified atom stereocenters. The van der Waals surface area contributed by atoms with E-state index in [9.17, 15) is 4.79 Å². The molecule has 1 amide bonds. The van der Waals surface area contributed by atoms with Crippen LogP contribution in [0.25, 0.3) is 0 Å². The smallest absolute Gasteiger partial charge is 0.227 e. The maximum Gasteiger partial charge on any atom is 0.227 e. The number of imidazole rings is 1. The molecule has 24 heavy (non-hydrogen) atoms. The number of ether oxygens (including phenoxy) is 2. The van der Waals surface area contributed by atoms with Crippen LogP contribution in [0.2, 0.25) is 0 Å². The number of fused-ring (bicyclic) bond motifs is 2. The van der Waals surface area contributed by atoms with Crippen LogP contribution in [0.1, 0.15) is 17.8 Å². The van der Waals surface area contributed by atoms with Crippen molar-refractivity contribution in [2.75, 3.05) is 13.7 Å². The molecule has 2 aliphatic rings. The third-order valence-electron chi connectivity index (χ3n) is 4.83. The van der Waals surface area contributed by atoms with Crippen LogP contribution >= 0.6 is 0 Å². The first-order chi connectivity index (χ1) is 11.7. The van der Waals surface area contributed by atoms with Crippen molar-refractivity contribution < 1.29 is 14.3 Å². The lowest BCUT2D eigenvalue weighted by molar-refractivity contribution is -0.127. The fourth-order valence-corrected chi connectivity index (χ4v) is 3.53. The first-order valence-corrected chi connectivity index (χ1v) is 8.33. The Balaban J connectivity index is 1.41. The van der Waals surface area contributed by atoms with Gasteiger partial charge >= 0.3 is 0 Å². The molecule has 1 aromatic carbocycles. The van der Waals surface area contributed by atoms with Crippen LogP contribution in [-0.4, -0.2) is 35.2 Å². The molecule has 2 atom stereocenters. The van der Waals surface area contributed by atoms with Crippen molar-refractivity contribution in [1.82, 2.24) is 14.9 Å². The summed E-state index contributed by atoms with van der Waals surface area (Å²) in [5, 5.41) is 3.18. The number of aryl methyl sites for hydroxylation is 1. The summed E-state index contributed by atoms with van der Waals surface area (Å²) in [5.41, 5.74) is 1.03. The van der Waals surface area contributed by atoms with Crippen molar-refractivity contribution in [3.63, 3.8) is 0 Å². The number of aromatic nitrogens is 2. The fraction of sp³-hybridized carbons (Fsp3) is 0.444. The molecule has 0 saturated heterocycles. The average Bonchev–Trinajstić information content (AvgIpc) is 3.08. The lowest BCUT2D eigenvalue weighted by Gasteiger charge is -2.29. The molecule has 0 fully saturated rings. The lowest BCUT2D eigenvalue weighted by atomic mass is 9.95. The Morgan fingerprint density at radius 1 is 1.46 bits per heavy atom. The standard InChI is InChI=1S/C18H21N3O3/c1-23-15-4-2-3-12-9-13(11-24-17(12)15)18(22)20-14-5-6-16-19-7-8-21(16)10-14/h2-4,7-8,13-14H,5-6,9-11H2,1H3,(H,20,22)/t13-,14+/m0/s1. The van der Waals surface area contributed by atoms with Crippen molar-refractivity contribution in [3.05, 3.63) is 42.0 Å². The predicted molar refractivity (Wildman–Crippen MR) is 88.2 cm³/mol. The van der Waals surface area contributed by atoms with Gasteiger partial charge in [-0.3, -0.25) is 4.79 Å². The van der Waals surface area contributed by atoms with Gasteiger partial charge < -0.3 is 19.4 Å². The summed E-state index contributed by atoms with van der Waals surface area (Å²) in [4.78, 5) is 17.0. The summed E-state index contributed by atoms with van der Waals surface area (Å²) in [6.07, 6.45) is 6.31. The van der Waals surface area contributed by atoms with Gasteiger partial charge in [-0.25, -0.2) is 4.98 Å². The number of hydrogen-bond donors (Lipinski definition) is 1. The van der Waals surface area contributed by atoms with E-state index in [0.29, 0.717) is 13.0 Å². The number of carbonyl (C=O) groups is 1. The number of hydrogen-bond acceptors (Lipinski definition) is 4. The Morgan fingerprint density at radius 3 is 3.25 bits per heavy atom. The molecule has 1 N–H and O–H groups in total. The molecule has 0 bridgehead atoms. The second-order valence-electron chi connectivity index (χ2n) is 6.40. The van der Waals surface area contributed by atoms with Crippen LogP contribution < -0.4 is 14.8 Å². The second kappa shape index (κ2) is 6.19. The first-order valence-electron chi connectivity index (χ1n) is 8.33. The number of benzene rings is 1. The van der Waals surface area contributed by atoms with Gasteiger partial charge in [0.15, 0.2) is 11.5 Å². The molecule has 6 heteroatoms. The Labute approximate surface area is 140 Å². The van der Waals surface area contributed by atoms with Gasteiger partial charge in [-0.1, -0.05) is 12.1 Å². The third kappa shape index (κ3) is 2.72. The van der Waals surface area contributed by atoms with Gasteiger partial charge in [-0.15, -0.1) is 0 Å². The minimum absolute atomic E-state index is 0.0667. The zero-order chi connectivity index (χ0) is 16.5. The number of nitrogens with zero attached hydrogens (tertiary/aromatic N) is 2. The summed E-state index contributed by atoms with van der Waals surface area (Å²) >= 11 is 0. The largest absolute Gasteiger partial charge is 0.493 e. The Morgan fingerprint density at radius 2 is 2.38 bits per heavy atom. The minimum atomic E-state index is -0.159. The van der Waals surface area contributed by atoms with Crippen LogP contribution in [0.15, 0.2) is 30.6 Å². The maximum atomic E-state index is 12.6. The fourth-order valence-electron chi connectivity index (χ4n) is 3.53. The van der Waals surface area contributed by atoms with E-state index < -0.39 is 0 Å². The molecule has 4 rings (SSSR count). The second-order valence-corrected chi connectivity index (χ2v) is 6.40. The highest BCUT2D eigenvalue weighted by Crippen LogP contribution is 2.36. The van der Waals surface area contributed by atoms with Crippen LogP contribution in [0, 0.1) is 5.92 Å². The summed E-state index contributed by atoms with van der Waals surface area (Å²) < 4.78 is 13.2. The van der Waals surface area contributed by atoms with Crippen molar-refractivity contribution in [2.24, 2.45) is 5.92 Å². The Kier molecular flexibility index (Phi) is 3.88. The van der Waals surface area contributed by atoms with Crippen LogP contribution in [0.3, 0.4) is 0 Å². The van der Waals surface area contributed by atoms with E-state index in [1.165, 1.54) is 0 Å². The van der Waals surface area contributed by atoms with Crippen molar-refractivity contribution in [3.8, 4) is 11.5 Å². The van der Waals surface area contributed by atoms with Gasteiger partial charge in [0.2, 0.25) is 5.91 Å². The molecule has 0 spiro atoms. The first kappa shape index (κ1) is 15.1. The number of rotatable bonds is 3. The quantitative estimate of drug-likeness (QED) is 0.929. The summed E-state index contributed by atoms with van der Waals surface area (Å²) in [6.45, 7) is 1.18. The van der Waals surface area contributed by atoms with Gasteiger partial charge in [-0.2, -0.15) is 0 Å². The monoisotopic (exact) mass is 327 g/mol. The van der Waals surface area contributed by atoms with E-state index >= 15 is 0 Å². The maximum absolute atomic E-state index is 12.6. The van der Waals surface area contributed by atoms with Gasteiger partial charge in [0.1, 0.15) is 12.4 Å². The molecule has 2 aliphatic heterocycles. The van der Waals surface area contributed by atoms with Crippen molar-refractivity contribution in [1.29, 1.82) is 0 Å². The van der Waals surface area contributed by atoms with Gasteiger partial charge in [0.25, 0.3) is 0 Å². The van der Waals surface area contributed by atoms with E-state index in [1.807, 2.05) is 30.6 Å². The van der Waals surface area contributed by atoms with Crippen molar-refractivity contribution >= 4 is 5.91 Å². The number of carbonyl (C=O) groups excluding carboxylic acids is 1. The van der Waals surface area contributed by atoms with Crippen LogP contribution in [-0.2, 0) is 24.2 Å². The van der Waals surface area contributed by atoms with Crippen LogP contribution in [0.4, 0.5) is 0 Å². The van der Waals surface area contributed by atoms with Crippen molar-refractivity contribution in [2.45, 2.75) is 31.8 Å². The van der Waals surface area contributed by atoms with E-state index in [4.69, 9.17) is 9.47 Å². The molecule has 3 heterocycles. The number of amides is 1. The molecular formula is C18H21N3O3. The SMILES string of the molecule is COc1cccc2c1OC[C@@H](C(=O)N[C@@H]1CCc3nccn3C1)C2. The highest BCUT2D eigenvalue weighted by atomic mass is 16.5. The Hall–Kier alpha value is -2.50. The summed E-state index contributed by atoms with van der Waals surface area (Å²) in [5.74, 6) is 2.50. The number of nitrogens with one attached hydrogen (secondary N) is 1. The van der Waals surface area contributed by atoms with E-state index in [-0.39, 0.29) is 17.9 Å². The summed E-state index contributed by atoms with van der Waals surface area (Å²) in [7, 11) is 1.63. The van der Waals surface area contributed by atoms with Crippen LogP contribution in [0.5, 0.6) is 11.5 Å². The molecule has 1 aromatic heterocycles. The number of methoxy groups -OCH3 is 1. The highest BCUT2D eigenvalue weighted by Gasteiger charge is 2.30. The summed E-state index contributed by atoms with van der Waals surface area (Å²) in [6, 6.07) is 5.97. The molecule has 2 aromatic rings. The third-order valence-corrected chi connectivity index (χ3v) is 4.83. The zero-order valence-corrected chi connectivity index (χ0v) is 13.7. The Bertz CT molecular complexity index is 756. The lowest BCUT2D eigenvalue weighted by Crippen LogP contribution is -2.46. The van der Waals surface area contributed by atoms with Gasteiger partial charge in [0, 0.05) is 31.4 Å². The van der Waals surface area contributed by atoms with Gasteiger partial charge in [0.05, 0.1) is 13.0 Å². The highest BCUT2D eigenvalue weighted by molar-refractivity contribution is 5.80. The molecule has 0 radical (unpaired) electrons. The van der Waals surface area contributed by atoms with E-state index in [2.05, 4.69) is 14.9 Å². The van der Waals surface area contributed by atoms with E-state index in [0.717, 1.165) is 42.3 Å². The minimum Gasteiger partial charge on any atom is -0.493 e. The molecule has 0 saturated carbocycles. The predicted octanol–water partition coefficient (Wildman–Crippen LogP) is 1.57. The average molecular weight is 327 g/mol. The topological polar surface area (TPSA) is 65.4 Å². The normalized spacial score (nSPS) is 22.0. The van der Waals surface area contributed by atoms with E-state index in [1.54, 1.807) is 7.11 Å². The molecular weight excluding hydrogens is 306 g/mol.